The molecule has 3 N–H and O–H groups in total. The molecule has 0 aliphatic heterocycles. The minimum atomic E-state index is -0.386. The number of phenolic OH excluding ortho intramolecular Hbond substituents is 2. The third kappa shape index (κ3) is 2.84. The normalized spacial score (nSPS) is 10.8. The minimum absolute atomic E-state index is 0.0481. The number of hydrogen-bond acceptors (Lipinski definition) is 6. The lowest BCUT2D eigenvalue weighted by Crippen LogP contribution is -2.06. The third-order valence-electron chi connectivity index (χ3n) is 3.37. The second-order valence-electron chi connectivity index (χ2n) is 4.91. The van der Waals surface area contributed by atoms with Crippen molar-refractivity contribution in [2.45, 2.75) is 0 Å². The smallest absolute Gasteiger partial charge is 0.204 e. The summed E-state index contributed by atoms with van der Waals surface area (Å²) < 4.78 is 10.7. The number of phenols is 2. The van der Waals surface area contributed by atoms with Crippen molar-refractivity contribution in [2.24, 2.45) is 0 Å². The van der Waals surface area contributed by atoms with Crippen LogP contribution in [0.4, 0.5) is 0 Å². The summed E-state index contributed by atoms with van der Waals surface area (Å²) in [5.74, 6) is 0.127. The van der Waals surface area contributed by atoms with Crippen molar-refractivity contribution in [1.82, 2.24) is 0 Å². The quantitative estimate of drug-likeness (QED) is 0.683. The van der Waals surface area contributed by atoms with Crippen LogP contribution in [0.3, 0.4) is 0 Å². The molecule has 0 fully saturated rings. The molecule has 0 atom stereocenters. The van der Waals surface area contributed by atoms with Gasteiger partial charge in [-0.15, -0.1) is 0 Å². The van der Waals surface area contributed by atoms with E-state index in [2.05, 4.69) is 0 Å². The van der Waals surface area contributed by atoms with Crippen LogP contribution in [-0.4, -0.2) is 28.5 Å². The van der Waals surface area contributed by atoms with Crippen LogP contribution in [0, 0.1) is 0 Å². The number of ether oxygens (including phenoxy) is 1. The first kappa shape index (κ1) is 14.9. The fraction of sp³-hybridized carbons (Fsp3) is 0.118. The molecule has 1 aromatic heterocycles. The van der Waals surface area contributed by atoms with E-state index in [0.717, 1.165) is 0 Å². The SMILES string of the molecule is O=c1c(-c2ccc(O)cc2)coc2cc(OCCO)cc(O)c12. The molecule has 6 heteroatoms. The molecular weight excluding hydrogens is 300 g/mol. The van der Waals surface area contributed by atoms with E-state index in [1.807, 2.05) is 0 Å². The molecule has 118 valence electrons. The summed E-state index contributed by atoms with van der Waals surface area (Å²) in [6.07, 6.45) is 1.30. The van der Waals surface area contributed by atoms with Crippen molar-refractivity contribution in [3.05, 3.63) is 52.9 Å². The average Bonchev–Trinajstić information content (AvgIpc) is 2.54. The molecule has 0 unspecified atom stereocenters. The predicted molar refractivity (Wildman–Crippen MR) is 83.8 cm³/mol. The molecule has 0 bridgehead atoms. The van der Waals surface area contributed by atoms with Crippen molar-refractivity contribution in [2.75, 3.05) is 13.2 Å². The molecule has 0 saturated carbocycles. The highest BCUT2D eigenvalue weighted by Crippen LogP contribution is 2.30. The molecule has 0 saturated heterocycles. The highest BCUT2D eigenvalue weighted by Gasteiger charge is 2.14. The van der Waals surface area contributed by atoms with Crippen molar-refractivity contribution in [3.63, 3.8) is 0 Å². The van der Waals surface area contributed by atoms with Gasteiger partial charge in [0, 0.05) is 12.1 Å². The van der Waals surface area contributed by atoms with Gasteiger partial charge in [-0.3, -0.25) is 4.79 Å². The van der Waals surface area contributed by atoms with Gasteiger partial charge in [0.15, 0.2) is 0 Å². The number of benzene rings is 2. The van der Waals surface area contributed by atoms with Crippen molar-refractivity contribution < 1.29 is 24.5 Å². The Morgan fingerprint density at radius 1 is 1.09 bits per heavy atom. The van der Waals surface area contributed by atoms with Gasteiger partial charge in [0.1, 0.15) is 41.1 Å². The second-order valence-corrected chi connectivity index (χ2v) is 4.91. The number of hydrogen-bond donors (Lipinski definition) is 3. The summed E-state index contributed by atoms with van der Waals surface area (Å²) in [7, 11) is 0. The van der Waals surface area contributed by atoms with Crippen LogP contribution in [0.5, 0.6) is 17.2 Å². The van der Waals surface area contributed by atoms with Crippen LogP contribution >= 0.6 is 0 Å². The zero-order valence-electron chi connectivity index (χ0n) is 12.0. The monoisotopic (exact) mass is 314 g/mol. The molecular formula is C17H14O6. The van der Waals surface area contributed by atoms with E-state index in [9.17, 15) is 15.0 Å². The maximum absolute atomic E-state index is 12.6. The Labute approximate surface area is 130 Å². The van der Waals surface area contributed by atoms with Gasteiger partial charge in [-0.25, -0.2) is 0 Å². The Hall–Kier alpha value is -2.99. The Balaban J connectivity index is 2.14. The third-order valence-corrected chi connectivity index (χ3v) is 3.37. The number of rotatable bonds is 4. The molecule has 2 aromatic carbocycles. The summed E-state index contributed by atoms with van der Waals surface area (Å²) in [6.45, 7) is -0.0939. The highest BCUT2D eigenvalue weighted by atomic mass is 16.5. The molecule has 3 aromatic rings. The van der Waals surface area contributed by atoms with Gasteiger partial charge in [0.05, 0.1) is 12.2 Å². The zero-order valence-corrected chi connectivity index (χ0v) is 12.0. The first-order valence-corrected chi connectivity index (χ1v) is 6.91. The first-order valence-electron chi connectivity index (χ1n) is 6.91. The molecule has 1 heterocycles. The van der Waals surface area contributed by atoms with Gasteiger partial charge in [-0.1, -0.05) is 12.1 Å². The molecule has 0 spiro atoms. The Morgan fingerprint density at radius 2 is 1.83 bits per heavy atom. The highest BCUT2D eigenvalue weighted by molar-refractivity contribution is 5.88. The summed E-state index contributed by atoms with van der Waals surface area (Å²) in [5.41, 5.74) is 0.642. The van der Waals surface area contributed by atoms with Crippen LogP contribution < -0.4 is 10.2 Å². The maximum Gasteiger partial charge on any atom is 0.204 e. The molecule has 0 amide bonds. The van der Waals surface area contributed by atoms with E-state index in [0.29, 0.717) is 11.3 Å². The average molecular weight is 314 g/mol. The predicted octanol–water partition coefficient (Wildman–Crippen LogP) is 2.24. The molecule has 23 heavy (non-hydrogen) atoms. The summed E-state index contributed by atoms with van der Waals surface area (Å²) in [6, 6.07) is 8.88. The molecule has 0 aliphatic carbocycles. The molecule has 3 rings (SSSR count). The van der Waals surface area contributed by atoms with E-state index in [1.54, 1.807) is 12.1 Å². The number of fused-ring (bicyclic) bond motifs is 1. The van der Waals surface area contributed by atoms with Crippen LogP contribution in [0.15, 0.2) is 51.9 Å². The lowest BCUT2D eigenvalue weighted by Gasteiger charge is -2.08. The van der Waals surface area contributed by atoms with Crippen molar-refractivity contribution in [1.29, 1.82) is 0 Å². The topological polar surface area (TPSA) is 100 Å². The fourth-order valence-corrected chi connectivity index (χ4v) is 2.29. The lowest BCUT2D eigenvalue weighted by atomic mass is 10.0. The first-order chi connectivity index (χ1) is 11.1. The Kier molecular flexibility index (Phi) is 3.91. The van der Waals surface area contributed by atoms with E-state index >= 15 is 0 Å². The number of aliphatic hydroxyl groups excluding tert-OH is 1. The maximum atomic E-state index is 12.6. The summed E-state index contributed by atoms with van der Waals surface area (Å²) in [5, 5.41) is 28.2. The van der Waals surface area contributed by atoms with Crippen LogP contribution in [0.1, 0.15) is 0 Å². The van der Waals surface area contributed by atoms with Crippen molar-refractivity contribution in [3.8, 4) is 28.4 Å². The fourth-order valence-electron chi connectivity index (χ4n) is 2.29. The molecule has 0 radical (unpaired) electrons. The number of aliphatic hydroxyl groups is 1. The summed E-state index contributed by atoms with van der Waals surface area (Å²) in [4.78, 5) is 12.6. The van der Waals surface area contributed by atoms with Gasteiger partial charge >= 0.3 is 0 Å². The standard InChI is InChI=1S/C17H14O6/c18-5-6-22-12-7-14(20)16-15(8-12)23-9-13(17(16)21)10-1-3-11(19)4-2-10/h1-4,7-9,18-20H,5-6H2. The van der Waals surface area contributed by atoms with Gasteiger partial charge in [-0.2, -0.15) is 0 Å². The van der Waals surface area contributed by atoms with E-state index in [1.165, 1.54) is 30.5 Å². The van der Waals surface area contributed by atoms with Gasteiger partial charge < -0.3 is 24.5 Å². The molecule has 0 aliphatic rings. The molecule has 6 nitrogen and oxygen atoms in total. The minimum Gasteiger partial charge on any atom is -0.508 e. The van der Waals surface area contributed by atoms with Gasteiger partial charge in [0.2, 0.25) is 5.43 Å². The van der Waals surface area contributed by atoms with Crippen LogP contribution in [0.2, 0.25) is 0 Å². The van der Waals surface area contributed by atoms with E-state index < -0.39 is 0 Å². The number of aromatic hydroxyl groups is 2. The van der Waals surface area contributed by atoms with Crippen LogP contribution in [0.25, 0.3) is 22.1 Å². The summed E-state index contributed by atoms with van der Waals surface area (Å²) >= 11 is 0. The van der Waals surface area contributed by atoms with Crippen molar-refractivity contribution >= 4 is 11.0 Å². The Morgan fingerprint density at radius 3 is 2.52 bits per heavy atom. The van der Waals surface area contributed by atoms with E-state index in [-0.39, 0.29) is 46.7 Å². The lowest BCUT2D eigenvalue weighted by molar-refractivity contribution is 0.201. The van der Waals surface area contributed by atoms with E-state index in [4.69, 9.17) is 14.3 Å². The Bertz CT molecular complexity index is 895. The van der Waals surface area contributed by atoms with Gasteiger partial charge in [0.25, 0.3) is 0 Å². The largest absolute Gasteiger partial charge is 0.508 e. The van der Waals surface area contributed by atoms with Crippen LogP contribution in [-0.2, 0) is 0 Å². The van der Waals surface area contributed by atoms with Gasteiger partial charge in [-0.05, 0) is 17.7 Å². The zero-order chi connectivity index (χ0) is 16.4. The second kappa shape index (κ2) is 6.02.